The van der Waals surface area contributed by atoms with Crippen molar-refractivity contribution in [2.45, 2.75) is 25.9 Å². The van der Waals surface area contributed by atoms with E-state index in [-0.39, 0.29) is 11.9 Å². The molecule has 1 aromatic rings. The first-order valence-electron chi connectivity index (χ1n) is 6.61. The molecule has 1 aliphatic rings. The summed E-state index contributed by atoms with van der Waals surface area (Å²) in [7, 11) is 0. The number of hydrogen-bond donors (Lipinski definition) is 3. The molecule has 2 amide bonds. The van der Waals surface area contributed by atoms with Crippen LogP contribution in [0.5, 0.6) is 0 Å². The van der Waals surface area contributed by atoms with Gasteiger partial charge in [0.2, 0.25) is 5.91 Å². The van der Waals surface area contributed by atoms with Crippen LogP contribution in [0.25, 0.3) is 0 Å². The van der Waals surface area contributed by atoms with Crippen molar-refractivity contribution in [3.63, 3.8) is 0 Å². The van der Waals surface area contributed by atoms with E-state index in [1.807, 2.05) is 24.3 Å². The Morgan fingerprint density at radius 2 is 2.25 bits per heavy atom. The first-order chi connectivity index (χ1) is 9.52. The maximum Gasteiger partial charge on any atom is 0.404 e. The highest BCUT2D eigenvalue weighted by molar-refractivity contribution is 5.88. The normalized spacial score (nSPS) is 18.8. The van der Waals surface area contributed by atoms with Crippen LogP contribution in [0.1, 0.15) is 18.9 Å². The molecule has 1 aromatic carbocycles. The molecule has 1 saturated heterocycles. The fraction of sp³-hybridized carbons (Fsp3) is 0.429. The van der Waals surface area contributed by atoms with E-state index in [1.54, 1.807) is 0 Å². The summed E-state index contributed by atoms with van der Waals surface area (Å²) in [4.78, 5) is 23.8. The Bertz CT molecular complexity index is 504. The highest BCUT2D eigenvalue weighted by Gasteiger charge is 2.23. The summed E-state index contributed by atoms with van der Waals surface area (Å²) in [5.74, 6) is -0.0888. The highest BCUT2D eigenvalue weighted by Crippen LogP contribution is 2.16. The third-order valence-corrected chi connectivity index (χ3v) is 3.25. The minimum atomic E-state index is -0.968. The molecule has 0 radical (unpaired) electrons. The van der Waals surface area contributed by atoms with Gasteiger partial charge in [-0.25, -0.2) is 4.79 Å². The van der Waals surface area contributed by atoms with E-state index >= 15 is 0 Å². The Morgan fingerprint density at radius 1 is 1.45 bits per heavy atom. The van der Waals surface area contributed by atoms with Gasteiger partial charge < -0.3 is 15.7 Å². The number of carbonyl (C=O) groups is 2. The Morgan fingerprint density at radius 3 is 2.95 bits per heavy atom. The molecule has 6 heteroatoms. The third-order valence-electron chi connectivity index (χ3n) is 3.25. The number of hydrogen-bond acceptors (Lipinski definition) is 3. The average Bonchev–Trinajstić information content (AvgIpc) is 2.75. The van der Waals surface area contributed by atoms with Crippen molar-refractivity contribution in [1.82, 2.24) is 10.2 Å². The number of carbonyl (C=O) groups excluding carboxylic acids is 1. The van der Waals surface area contributed by atoms with Gasteiger partial charge in [-0.3, -0.25) is 9.69 Å². The number of carboxylic acid groups (broad SMARTS) is 1. The van der Waals surface area contributed by atoms with Crippen LogP contribution in [0, 0.1) is 0 Å². The Labute approximate surface area is 117 Å². The Hall–Kier alpha value is -2.08. The molecule has 0 unspecified atom stereocenters. The molecule has 0 saturated carbocycles. The van der Waals surface area contributed by atoms with E-state index in [0.29, 0.717) is 0 Å². The molecule has 0 aliphatic carbocycles. The fourth-order valence-electron chi connectivity index (χ4n) is 2.48. The summed E-state index contributed by atoms with van der Waals surface area (Å²) in [5, 5.41) is 14.0. The number of likely N-dealkylation sites (tertiary alicyclic amines) is 1. The summed E-state index contributed by atoms with van der Waals surface area (Å²) in [6.45, 7) is 3.83. The third kappa shape index (κ3) is 4.24. The molecular formula is C14H19N3O3. The number of amides is 2. The molecule has 6 nitrogen and oxygen atoms in total. The Balaban J connectivity index is 1.90. The maximum absolute atomic E-state index is 11.0. The van der Waals surface area contributed by atoms with E-state index in [9.17, 15) is 9.59 Å². The molecule has 2 rings (SSSR count). The first kappa shape index (κ1) is 14.3. The van der Waals surface area contributed by atoms with Crippen molar-refractivity contribution in [2.75, 3.05) is 18.4 Å². The smallest absolute Gasteiger partial charge is 0.404 e. The van der Waals surface area contributed by atoms with Gasteiger partial charge in [-0.15, -0.1) is 0 Å². The monoisotopic (exact) mass is 277 g/mol. The van der Waals surface area contributed by atoms with Gasteiger partial charge in [0.15, 0.2) is 0 Å². The SMILES string of the molecule is CC(=O)Nc1cccc(CN2CC[C@@H](NC(=O)O)C2)c1. The molecular weight excluding hydrogens is 258 g/mol. The lowest BCUT2D eigenvalue weighted by molar-refractivity contribution is -0.114. The molecule has 0 spiro atoms. The summed E-state index contributed by atoms with van der Waals surface area (Å²) < 4.78 is 0. The second-order valence-electron chi connectivity index (χ2n) is 5.05. The maximum atomic E-state index is 11.0. The number of nitrogens with one attached hydrogen (secondary N) is 2. The first-order valence-corrected chi connectivity index (χ1v) is 6.61. The van der Waals surface area contributed by atoms with Gasteiger partial charge in [0.05, 0.1) is 0 Å². The minimum Gasteiger partial charge on any atom is -0.465 e. The van der Waals surface area contributed by atoms with E-state index in [4.69, 9.17) is 5.11 Å². The molecule has 20 heavy (non-hydrogen) atoms. The van der Waals surface area contributed by atoms with Crippen molar-refractivity contribution in [2.24, 2.45) is 0 Å². The quantitative estimate of drug-likeness (QED) is 0.778. The molecule has 0 aromatic heterocycles. The van der Waals surface area contributed by atoms with Gasteiger partial charge in [-0.2, -0.15) is 0 Å². The van der Waals surface area contributed by atoms with Gasteiger partial charge >= 0.3 is 6.09 Å². The standard InChI is InChI=1S/C14H19N3O3/c1-10(18)15-12-4-2-3-11(7-12)8-17-6-5-13(9-17)16-14(19)20/h2-4,7,13,16H,5-6,8-9H2,1H3,(H,15,18)(H,19,20)/t13-/m1/s1. The van der Waals surface area contributed by atoms with Gasteiger partial charge in [0.1, 0.15) is 0 Å². The van der Waals surface area contributed by atoms with E-state index in [1.165, 1.54) is 6.92 Å². The van der Waals surface area contributed by atoms with Crippen LogP contribution < -0.4 is 10.6 Å². The fourth-order valence-corrected chi connectivity index (χ4v) is 2.48. The van der Waals surface area contributed by atoms with E-state index in [0.717, 1.165) is 37.3 Å². The number of benzene rings is 1. The van der Waals surface area contributed by atoms with Crippen LogP contribution >= 0.6 is 0 Å². The summed E-state index contributed by atoms with van der Waals surface area (Å²) in [6, 6.07) is 7.71. The average molecular weight is 277 g/mol. The predicted molar refractivity (Wildman–Crippen MR) is 75.6 cm³/mol. The lowest BCUT2D eigenvalue weighted by Crippen LogP contribution is -2.35. The topological polar surface area (TPSA) is 81.7 Å². The summed E-state index contributed by atoms with van der Waals surface area (Å²) in [5.41, 5.74) is 1.89. The van der Waals surface area contributed by atoms with E-state index in [2.05, 4.69) is 15.5 Å². The number of anilines is 1. The molecule has 1 aliphatic heterocycles. The van der Waals surface area contributed by atoms with Crippen LogP contribution in [0.3, 0.4) is 0 Å². The lowest BCUT2D eigenvalue weighted by atomic mass is 10.2. The van der Waals surface area contributed by atoms with Crippen LogP contribution in [-0.2, 0) is 11.3 Å². The van der Waals surface area contributed by atoms with Crippen LogP contribution in [-0.4, -0.2) is 41.1 Å². The van der Waals surface area contributed by atoms with Gasteiger partial charge in [0, 0.05) is 38.3 Å². The molecule has 0 bridgehead atoms. The second-order valence-corrected chi connectivity index (χ2v) is 5.05. The molecule has 108 valence electrons. The zero-order chi connectivity index (χ0) is 14.5. The van der Waals surface area contributed by atoms with Crippen molar-refractivity contribution >= 4 is 17.7 Å². The molecule has 1 atom stereocenters. The second kappa shape index (κ2) is 6.38. The largest absolute Gasteiger partial charge is 0.465 e. The summed E-state index contributed by atoms with van der Waals surface area (Å²) >= 11 is 0. The highest BCUT2D eigenvalue weighted by atomic mass is 16.4. The van der Waals surface area contributed by atoms with Crippen molar-refractivity contribution < 1.29 is 14.7 Å². The predicted octanol–water partition coefficient (Wildman–Crippen LogP) is 1.49. The van der Waals surface area contributed by atoms with Crippen LogP contribution in [0.2, 0.25) is 0 Å². The van der Waals surface area contributed by atoms with Gasteiger partial charge in [-0.05, 0) is 24.1 Å². The van der Waals surface area contributed by atoms with Crippen molar-refractivity contribution in [3.05, 3.63) is 29.8 Å². The Kier molecular flexibility index (Phi) is 4.57. The van der Waals surface area contributed by atoms with Gasteiger partial charge in [0.25, 0.3) is 0 Å². The number of rotatable bonds is 4. The lowest BCUT2D eigenvalue weighted by Gasteiger charge is -2.16. The zero-order valence-corrected chi connectivity index (χ0v) is 11.4. The van der Waals surface area contributed by atoms with Crippen molar-refractivity contribution in [1.29, 1.82) is 0 Å². The number of nitrogens with zero attached hydrogens (tertiary/aromatic N) is 1. The van der Waals surface area contributed by atoms with Gasteiger partial charge in [-0.1, -0.05) is 12.1 Å². The van der Waals surface area contributed by atoms with Crippen LogP contribution in [0.15, 0.2) is 24.3 Å². The minimum absolute atomic E-state index is 0.00558. The molecule has 1 fully saturated rings. The van der Waals surface area contributed by atoms with Crippen LogP contribution in [0.4, 0.5) is 10.5 Å². The molecule has 1 heterocycles. The zero-order valence-electron chi connectivity index (χ0n) is 11.4. The van der Waals surface area contributed by atoms with Crippen molar-refractivity contribution in [3.8, 4) is 0 Å². The molecule has 3 N–H and O–H groups in total. The summed E-state index contributed by atoms with van der Waals surface area (Å²) in [6.07, 6.45) is -0.137. The van der Waals surface area contributed by atoms with E-state index < -0.39 is 6.09 Å².